The summed E-state index contributed by atoms with van der Waals surface area (Å²) in [7, 11) is 0. The maximum absolute atomic E-state index is 14.7. The Morgan fingerprint density at radius 1 is 1.00 bits per heavy atom. The molecule has 1 saturated heterocycles. The summed E-state index contributed by atoms with van der Waals surface area (Å²) in [5, 5.41) is 13.3. The third-order valence-corrected chi connectivity index (χ3v) is 10.7. The van der Waals surface area contributed by atoms with Crippen molar-refractivity contribution < 1.29 is 28.7 Å². The van der Waals surface area contributed by atoms with Gasteiger partial charge in [0.25, 0.3) is 5.91 Å². The topological polar surface area (TPSA) is 185 Å². The molecule has 6 rings (SSSR count). The third-order valence-electron chi connectivity index (χ3n) is 9.80. The molecule has 284 valence electrons. The molecule has 0 bridgehead atoms. The number of pyridine rings is 1. The highest BCUT2D eigenvalue weighted by Gasteiger charge is 2.46. The maximum atomic E-state index is 14.7. The Labute approximate surface area is 313 Å². The molecule has 4 heterocycles. The number of aromatic nitrogens is 3. The first-order chi connectivity index (χ1) is 25.4. The molecule has 2 saturated carbocycles. The lowest BCUT2D eigenvalue weighted by molar-refractivity contribution is -0.143. The molecule has 5 amide bonds. The van der Waals surface area contributed by atoms with E-state index >= 15 is 0 Å². The van der Waals surface area contributed by atoms with Gasteiger partial charge >= 0.3 is 6.03 Å². The molecular formula is C38H50N8O6S. The molecule has 0 unspecified atom stereocenters. The zero-order chi connectivity index (χ0) is 37.7. The molecule has 2 aliphatic carbocycles. The number of Topliss-reactive ketones (excluding diaryl/α,β-unsaturated/α-hetero) is 1. The first-order valence-corrected chi connectivity index (χ1v) is 19.7. The Bertz CT molecular complexity index is 1800. The van der Waals surface area contributed by atoms with Gasteiger partial charge in [-0.3, -0.25) is 24.2 Å². The number of amides is 5. The predicted molar refractivity (Wildman–Crippen MR) is 200 cm³/mol. The number of fused-ring (bicyclic) bond motifs is 1. The number of carbonyl (C=O) groups is 5. The largest absolute Gasteiger partial charge is 0.471 e. The van der Waals surface area contributed by atoms with Crippen LogP contribution in [0, 0.1) is 5.92 Å². The first kappa shape index (κ1) is 38.1. The van der Waals surface area contributed by atoms with Crippen LogP contribution in [0.4, 0.5) is 4.79 Å². The minimum Gasteiger partial charge on any atom is -0.471 e. The Morgan fingerprint density at radius 3 is 2.45 bits per heavy atom. The van der Waals surface area contributed by atoms with Crippen LogP contribution in [0.1, 0.15) is 91.9 Å². The maximum Gasteiger partial charge on any atom is 0.315 e. The average molecular weight is 747 g/mol. The van der Waals surface area contributed by atoms with Crippen LogP contribution in [-0.2, 0) is 19.2 Å². The Balaban J connectivity index is 1.30. The highest BCUT2D eigenvalue weighted by Crippen LogP contribution is 2.34. The summed E-state index contributed by atoms with van der Waals surface area (Å²) >= 11 is 1.42. The molecule has 0 aromatic carbocycles. The summed E-state index contributed by atoms with van der Waals surface area (Å²) < 4.78 is 7.27. The van der Waals surface area contributed by atoms with Crippen LogP contribution in [0.5, 0.6) is 5.88 Å². The molecule has 0 radical (unpaired) electrons. The molecule has 3 fully saturated rings. The van der Waals surface area contributed by atoms with Gasteiger partial charge < -0.3 is 30.9 Å². The first-order valence-electron chi connectivity index (χ1n) is 18.8. The average Bonchev–Trinajstić information content (AvgIpc) is 3.63. The number of hydrogen-bond acceptors (Lipinski definition) is 10. The fourth-order valence-electron chi connectivity index (χ4n) is 7.07. The summed E-state index contributed by atoms with van der Waals surface area (Å²) in [5.41, 5.74) is 0.709. The number of rotatable bonds is 13. The zero-order valence-corrected chi connectivity index (χ0v) is 31.7. The summed E-state index contributed by atoms with van der Waals surface area (Å²) in [5.74, 6) is -1.81. The molecule has 3 aromatic rings. The van der Waals surface area contributed by atoms with E-state index in [0.29, 0.717) is 34.0 Å². The molecule has 4 atom stereocenters. The number of nitrogens with zero attached hydrogens (tertiary/aromatic N) is 4. The molecule has 1 aliphatic heterocycles. The lowest BCUT2D eigenvalue weighted by Gasteiger charge is -2.35. The number of urea groups is 1. The molecule has 53 heavy (non-hydrogen) atoms. The van der Waals surface area contributed by atoms with Crippen molar-refractivity contribution in [1.82, 2.24) is 41.1 Å². The SMILES string of the molecule is CCC[C@H](NC(=O)[C@@H]1C[C@@H](Oc2nc(-c3ccccn3)nc3ccsc23)CN1C(=O)[C@@H](NC(=O)NC(C)(C)C)C1CCCCC1)C(=O)C(=O)NC1CC1. The molecule has 3 aliphatic rings. The van der Waals surface area contributed by atoms with Gasteiger partial charge in [-0.25, -0.2) is 9.78 Å². The number of thiophene rings is 1. The van der Waals surface area contributed by atoms with Crippen LogP contribution < -0.4 is 26.0 Å². The van der Waals surface area contributed by atoms with E-state index in [4.69, 9.17) is 9.72 Å². The smallest absolute Gasteiger partial charge is 0.315 e. The third kappa shape index (κ3) is 9.67. The van der Waals surface area contributed by atoms with Crippen molar-refractivity contribution in [1.29, 1.82) is 0 Å². The van der Waals surface area contributed by atoms with Gasteiger partial charge in [-0.05, 0) is 82.4 Å². The van der Waals surface area contributed by atoms with Crippen LogP contribution in [0.15, 0.2) is 35.8 Å². The van der Waals surface area contributed by atoms with Gasteiger partial charge in [0.1, 0.15) is 28.6 Å². The summed E-state index contributed by atoms with van der Waals surface area (Å²) in [4.78, 5) is 83.5. The fourth-order valence-corrected chi connectivity index (χ4v) is 7.83. The number of likely N-dealkylation sites (tertiary alicyclic amines) is 1. The van der Waals surface area contributed by atoms with Gasteiger partial charge in [-0.1, -0.05) is 38.7 Å². The number of ether oxygens (including phenoxy) is 1. The van der Waals surface area contributed by atoms with Crippen molar-refractivity contribution in [3.05, 3.63) is 35.8 Å². The van der Waals surface area contributed by atoms with E-state index in [1.54, 1.807) is 18.3 Å². The Kier molecular flexibility index (Phi) is 11.9. The van der Waals surface area contributed by atoms with Crippen molar-refractivity contribution in [3.63, 3.8) is 0 Å². The lowest BCUT2D eigenvalue weighted by Crippen LogP contribution is -2.60. The van der Waals surface area contributed by atoms with Crippen molar-refractivity contribution in [2.24, 2.45) is 5.92 Å². The van der Waals surface area contributed by atoms with E-state index in [2.05, 4.69) is 31.2 Å². The minimum atomic E-state index is -1.05. The van der Waals surface area contributed by atoms with Crippen molar-refractivity contribution in [2.45, 2.75) is 128 Å². The van der Waals surface area contributed by atoms with E-state index < -0.39 is 59.3 Å². The van der Waals surface area contributed by atoms with Crippen molar-refractivity contribution >= 4 is 51.1 Å². The van der Waals surface area contributed by atoms with Crippen LogP contribution in [0.3, 0.4) is 0 Å². The van der Waals surface area contributed by atoms with Gasteiger partial charge in [-0.2, -0.15) is 4.98 Å². The molecule has 14 nitrogen and oxygen atoms in total. The Morgan fingerprint density at radius 2 is 1.77 bits per heavy atom. The second kappa shape index (κ2) is 16.6. The summed E-state index contributed by atoms with van der Waals surface area (Å²) in [6.45, 7) is 7.50. The van der Waals surface area contributed by atoms with E-state index in [1.165, 1.54) is 16.2 Å². The predicted octanol–water partition coefficient (Wildman–Crippen LogP) is 4.28. The van der Waals surface area contributed by atoms with E-state index in [1.807, 2.05) is 45.2 Å². The number of hydrogen-bond donors (Lipinski definition) is 4. The van der Waals surface area contributed by atoms with Crippen molar-refractivity contribution in [2.75, 3.05) is 6.54 Å². The fraction of sp³-hybridized carbons (Fsp3) is 0.579. The van der Waals surface area contributed by atoms with Crippen LogP contribution in [0.25, 0.3) is 21.7 Å². The summed E-state index contributed by atoms with van der Waals surface area (Å²) in [6, 6.07) is 3.87. The standard InChI is InChI=1S/C38H50N8O6S/c1-5-11-25(30(47)34(49)40-23-15-16-23)42-33(48)28-20-24(52-35-31-26(17-19-53-31)41-32(44-35)27-14-9-10-18-39-27)21-46(28)36(50)29(22-12-7-6-8-13-22)43-37(51)45-38(2,3)4/h9-10,14,17-19,22-25,28-29H,5-8,11-13,15-16,20-21H2,1-4H3,(H,40,49)(H,42,48)(H2,43,45,51)/t24-,25+,28+,29+/m1/s1. The molecule has 3 aromatic heterocycles. The monoisotopic (exact) mass is 746 g/mol. The minimum absolute atomic E-state index is 0.0141. The second-order valence-corrected chi connectivity index (χ2v) is 16.3. The van der Waals surface area contributed by atoms with Gasteiger partial charge in [-0.15, -0.1) is 11.3 Å². The second-order valence-electron chi connectivity index (χ2n) is 15.4. The zero-order valence-electron chi connectivity index (χ0n) is 30.9. The van der Waals surface area contributed by atoms with Crippen LogP contribution >= 0.6 is 11.3 Å². The van der Waals surface area contributed by atoms with Gasteiger partial charge in [0.05, 0.1) is 18.1 Å². The normalized spacial score (nSPS) is 20.3. The highest BCUT2D eigenvalue weighted by molar-refractivity contribution is 7.17. The quantitative estimate of drug-likeness (QED) is 0.186. The molecule has 4 N–H and O–H groups in total. The van der Waals surface area contributed by atoms with Crippen molar-refractivity contribution in [3.8, 4) is 17.4 Å². The Hall–Kier alpha value is -4.66. The summed E-state index contributed by atoms with van der Waals surface area (Å²) in [6.07, 6.45) is 7.96. The van der Waals surface area contributed by atoms with E-state index in [9.17, 15) is 24.0 Å². The number of nitrogens with one attached hydrogen (secondary N) is 4. The van der Waals surface area contributed by atoms with Crippen LogP contribution in [0.2, 0.25) is 0 Å². The van der Waals surface area contributed by atoms with Crippen LogP contribution in [-0.4, -0.2) is 91.7 Å². The molecular weight excluding hydrogens is 697 g/mol. The molecule has 15 heteroatoms. The van der Waals surface area contributed by atoms with E-state index in [-0.39, 0.29) is 31.3 Å². The number of carbonyl (C=O) groups excluding carboxylic acids is 5. The van der Waals surface area contributed by atoms with E-state index in [0.717, 1.165) is 44.9 Å². The van der Waals surface area contributed by atoms with Gasteiger partial charge in [0.15, 0.2) is 5.82 Å². The van der Waals surface area contributed by atoms with Gasteiger partial charge in [0.2, 0.25) is 23.5 Å². The lowest BCUT2D eigenvalue weighted by atomic mass is 9.83. The molecule has 0 spiro atoms. The number of ketones is 1. The highest BCUT2D eigenvalue weighted by atomic mass is 32.1. The van der Waals surface area contributed by atoms with Gasteiger partial charge in [0, 0.05) is 24.2 Å².